The van der Waals surface area contributed by atoms with E-state index in [0.717, 1.165) is 50.9 Å². The number of likely N-dealkylation sites (N-methyl/N-ethyl adjacent to an activating group) is 1. The van der Waals surface area contributed by atoms with Crippen LogP contribution in [0.4, 0.5) is 4.79 Å². The number of hydrogen-bond donors (Lipinski definition) is 1. The van der Waals surface area contributed by atoms with Crippen molar-refractivity contribution >= 4 is 17.9 Å². The molecular weight excluding hydrogens is 548 g/mol. The lowest BCUT2D eigenvalue weighted by molar-refractivity contribution is -0.144. The van der Waals surface area contributed by atoms with Crippen LogP contribution in [0.15, 0.2) is 18.2 Å². The van der Waals surface area contributed by atoms with E-state index >= 15 is 0 Å². The lowest BCUT2D eigenvalue weighted by Crippen LogP contribution is -2.36. The van der Waals surface area contributed by atoms with Gasteiger partial charge >= 0.3 is 12.0 Å². The van der Waals surface area contributed by atoms with E-state index in [0.29, 0.717) is 50.4 Å². The van der Waals surface area contributed by atoms with Gasteiger partial charge in [-0.2, -0.15) is 0 Å². The highest BCUT2D eigenvalue weighted by Crippen LogP contribution is 2.42. The molecule has 242 valence electrons. The first-order valence-electron chi connectivity index (χ1n) is 16.1. The van der Waals surface area contributed by atoms with E-state index in [4.69, 9.17) is 9.47 Å². The number of urea groups is 1. The molecule has 1 unspecified atom stereocenters. The minimum atomic E-state index is -0.852. The van der Waals surface area contributed by atoms with Gasteiger partial charge in [-0.25, -0.2) is 4.79 Å². The van der Waals surface area contributed by atoms with E-state index in [9.17, 15) is 19.5 Å². The summed E-state index contributed by atoms with van der Waals surface area (Å²) in [5.74, 6) is -0.581. The zero-order valence-electron chi connectivity index (χ0n) is 27.2. The molecule has 43 heavy (non-hydrogen) atoms. The van der Waals surface area contributed by atoms with Crippen LogP contribution in [0, 0.1) is 17.8 Å². The number of carboxylic acid groups (broad SMARTS) is 1. The van der Waals surface area contributed by atoms with Gasteiger partial charge in [-0.05, 0) is 81.8 Å². The Balaban J connectivity index is 1.82. The molecular formula is C33H54N4O6. The van der Waals surface area contributed by atoms with Gasteiger partial charge in [-0.3, -0.25) is 9.59 Å². The van der Waals surface area contributed by atoms with Crippen LogP contribution in [0.3, 0.4) is 0 Å². The van der Waals surface area contributed by atoms with Crippen molar-refractivity contribution in [2.75, 3.05) is 67.2 Å². The van der Waals surface area contributed by atoms with Gasteiger partial charge in [-0.15, -0.1) is 0 Å². The van der Waals surface area contributed by atoms with Crippen molar-refractivity contribution in [1.82, 2.24) is 19.6 Å². The first-order chi connectivity index (χ1) is 20.5. The number of carbonyl (C=O) groups is 3. The summed E-state index contributed by atoms with van der Waals surface area (Å²) < 4.78 is 11.2. The van der Waals surface area contributed by atoms with E-state index < -0.39 is 11.9 Å². The Kier molecular flexibility index (Phi) is 13.4. The number of rotatable bonds is 19. The van der Waals surface area contributed by atoms with Crippen molar-refractivity contribution in [1.29, 1.82) is 0 Å². The number of unbranched alkanes of at least 4 members (excludes halogenated alkanes) is 1. The van der Waals surface area contributed by atoms with E-state index in [1.165, 1.54) is 0 Å². The molecule has 2 aliphatic heterocycles. The second-order valence-corrected chi connectivity index (χ2v) is 12.6. The van der Waals surface area contributed by atoms with Crippen LogP contribution >= 0.6 is 0 Å². The molecule has 0 aliphatic carbocycles. The van der Waals surface area contributed by atoms with Crippen molar-refractivity contribution in [3.63, 3.8) is 0 Å². The van der Waals surface area contributed by atoms with Gasteiger partial charge < -0.3 is 34.2 Å². The molecule has 3 rings (SSSR count). The van der Waals surface area contributed by atoms with E-state index in [-0.39, 0.29) is 36.5 Å². The van der Waals surface area contributed by atoms with Crippen molar-refractivity contribution < 1.29 is 29.0 Å². The molecule has 4 atom stereocenters. The number of fused-ring (bicyclic) bond motifs is 1. The van der Waals surface area contributed by atoms with Gasteiger partial charge in [0.05, 0.1) is 5.92 Å². The first-order valence-corrected chi connectivity index (χ1v) is 16.1. The van der Waals surface area contributed by atoms with Gasteiger partial charge in [0.1, 0.15) is 0 Å². The van der Waals surface area contributed by atoms with Crippen LogP contribution in [0.1, 0.15) is 77.2 Å². The molecule has 2 aliphatic rings. The summed E-state index contributed by atoms with van der Waals surface area (Å²) in [5.41, 5.74) is 0.889. The fraction of sp³-hybridized carbons (Fsp3) is 0.727. The number of carbonyl (C=O) groups excluding carboxylic acids is 2. The Hall–Kier alpha value is -3.01. The molecule has 0 aromatic heterocycles. The van der Waals surface area contributed by atoms with Crippen LogP contribution in [0.25, 0.3) is 0 Å². The maximum absolute atomic E-state index is 13.6. The topological polar surface area (TPSA) is 103 Å². The lowest BCUT2D eigenvalue weighted by Gasteiger charge is -2.33. The van der Waals surface area contributed by atoms with Gasteiger partial charge in [0.15, 0.2) is 11.5 Å². The lowest BCUT2D eigenvalue weighted by atomic mass is 9.72. The van der Waals surface area contributed by atoms with Gasteiger partial charge in [-0.1, -0.05) is 39.7 Å². The van der Waals surface area contributed by atoms with Gasteiger partial charge in [0, 0.05) is 46.2 Å². The summed E-state index contributed by atoms with van der Waals surface area (Å²) in [6.45, 7) is 10.6. The highest BCUT2D eigenvalue weighted by Gasteiger charge is 2.37. The number of aliphatic carboxylic acids is 1. The number of carboxylic acids is 1. The molecule has 10 heteroatoms. The second kappa shape index (κ2) is 16.7. The minimum Gasteiger partial charge on any atom is -0.481 e. The van der Waals surface area contributed by atoms with E-state index in [1.807, 2.05) is 44.1 Å². The molecule has 0 spiro atoms. The SMILES string of the molecule is CCCCN(CCCN(C)C)C(=O)CC(CC)C[C@H](c1ccc2c(c1)OCO2)[C@@H](C(=O)O)[C@@H](C)CCN1CCN(C)C1=O. The number of benzene rings is 1. The molecule has 1 aromatic carbocycles. The Morgan fingerprint density at radius 1 is 1.05 bits per heavy atom. The summed E-state index contributed by atoms with van der Waals surface area (Å²) in [6, 6.07) is 5.71. The van der Waals surface area contributed by atoms with E-state index in [1.54, 1.807) is 16.8 Å². The second-order valence-electron chi connectivity index (χ2n) is 12.6. The van der Waals surface area contributed by atoms with Crippen molar-refractivity contribution in [2.24, 2.45) is 17.8 Å². The highest BCUT2D eigenvalue weighted by molar-refractivity contribution is 5.77. The average molecular weight is 603 g/mol. The van der Waals surface area contributed by atoms with Crippen molar-refractivity contribution in [3.05, 3.63) is 23.8 Å². The quantitative estimate of drug-likeness (QED) is 0.238. The smallest absolute Gasteiger partial charge is 0.319 e. The third kappa shape index (κ3) is 9.74. The maximum atomic E-state index is 13.6. The third-order valence-electron chi connectivity index (χ3n) is 9.11. The van der Waals surface area contributed by atoms with Gasteiger partial charge in [0.25, 0.3) is 0 Å². The predicted octanol–water partition coefficient (Wildman–Crippen LogP) is 4.98. The Morgan fingerprint density at radius 2 is 1.77 bits per heavy atom. The largest absolute Gasteiger partial charge is 0.481 e. The Labute approximate surface area is 258 Å². The zero-order chi connectivity index (χ0) is 31.5. The van der Waals surface area contributed by atoms with Crippen LogP contribution in [0.2, 0.25) is 0 Å². The van der Waals surface area contributed by atoms with Crippen LogP contribution < -0.4 is 9.47 Å². The summed E-state index contributed by atoms with van der Waals surface area (Å²) in [4.78, 5) is 46.7. The summed E-state index contributed by atoms with van der Waals surface area (Å²) in [6.07, 6.45) is 5.27. The normalized spacial score (nSPS) is 17.3. The van der Waals surface area contributed by atoms with Crippen molar-refractivity contribution in [2.45, 2.75) is 71.6 Å². The third-order valence-corrected chi connectivity index (χ3v) is 9.11. The molecule has 10 nitrogen and oxygen atoms in total. The summed E-state index contributed by atoms with van der Waals surface area (Å²) in [5, 5.41) is 10.6. The molecule has 3 amide bonds. The molecule has 0 radical (unpaired) electrons. The van der Waals surface area contributed by atoms with Crippen molar-refractivity contribution in [3.8, 4) is 11.5 Å². The number of hydrogen-bond acceptors (Lipinski definition) is 6. The Morgan fingerprint density at radius 3 is 2.40 bits per heavy atom. The highest BCUT2D eigenvalue weighted by atomic mass is 16.7. The van der Waals surface area contributed by atoms with Gasteiger partial charge in [0.2, 0.25) is 12.7 Å². The number of nitrogens with zero attached hydrogens (tertiary/aromatic N) is 4. The predicted molar refractivity (Wildman–Crippen MR) is 167 cm³/mol. The monoisotopic (exact) mass is 602 g/mol. The number of ether oxygens (including phenoxy) is 2. The molecule has 1 fully saturated rings. The average Bonchev–Trinajstić information content (AvgIpc) is 3.57. The molecule has 0 saturated carbocycles. The molecule has 1 N–H and O–H groups in total. The summed E-state index contributed by atoms with van der Waals surface area (Å²) in [7, 11) is 5.88. The Bertz CT molecular complexity index is 1070. The van der Waals surface area contributed by atoms with E-state index in [2.05, 4.69) is 18.7 Å². The summed E-state index contributed by atoms with van der Waals surface area (Å²) >= 11 is 0. The fourth-order valence-corrected chi connectivity index (χ4v) is 6.31. The molecule has 1 saturated heterocycles. The zero-order valence-corrected chi connectivity index (χ0v) is 27.2. The minimum absolute atomic E-state index is 0.00540. The van der Waals surface area contributed by atoms with Crippen LogP contribution in [-0.2, 0) is 9.59 Å². The molecule has 1 aromatic rings. The standard InChI is InChI=1S/C33H54N4O6/c1-7-9-15-36(16-10-14-34(4)5)30(38)21-25(8-2)20-27(26-11-12-28-29(22-26)43-23-42-28)31(32(39)40)24(3)13-17-37-19-18-35(6)33(37)41/h11-12,22,24-25,27,31H,7-10,13-21,23H2,1-6H3,(H,39,40)/t24-,25?,27+,31-/m0/s1. The number of amides is 3. The molecule has 0 bridgehead atoms. The fourth-order valence-electron chi connectivity index (χ4n) is 6.31. The van der Waals surface area contributed by atoms with Crippen LogP contribution in [-0.4, -0.2) is 110 Å². The molecule has 2 heterocycles. The first kappa shape index (κ1) is 34.5. The maximum Gasteiger partial charge on any atom is 0.319 e. The van der Waals surface area contributed by atoms with Crippen LogP contribution in [0.5, 0.6) is 11.5 Å².